The minimum atomic E-state index is -1.07. The molecule has 61 heavy (non-hydrogen) atoms. The van der Waals surface area contributed by atoms with E-state index in [9.17, 15) is 29.4 Å². The number of ether oxygens (including phenoxy) is 3. The number of likely N-dealkylation sites (tertiary alicyclic amines) is 3. The summed E-state index contributed by atoms with van der Waals surface area (Å²) >= 11 is 4.66. The molecule has 0 unspecified atom stereocenters. The zero-order valence-electron chi connectivity index (χ0n) is 38.0. The highest BCUT2D eigenvalue weighted by atomic mass is 32.1. The molecule has 3 amide bonds. The van der Waals surface area contributed by atoms with Crippen molar-refractivity contribution in [3.05, 3.63) is 44.7 Å². The zero-order chi connectivity index (χ0) is 45.8. The molecule has 3 fully saturated rings. The van der Waals surface area contributed by atoms with E-state index in [0.29, 0.717) is 39.3 Å². The molecule has 3 saturated heterocycles. The number of aliphatic hydroxyl groups is 2. The fourth-order valence-electron chi connectivity index (χ4n) is 6.22. The van der Waals surface area contributed by atoms with Gasteiger partial charge in [-0.3, -0.25) is 4.98 Å². The molecular formula is C42H68N6O9S3Si. The number of hydrogen-bond donors (Lipinski definition) is 2. The Morgan fingerprint density at radius 1 is 0.639 bits per heavy atom. The summed E-state index contributed by atoms with van der Waals surface area (Å²) < 4.78 is 17.2. The van der Waals surface area contributed by atoms with Crippen molar-refractivity contribution in [2.75, 3.05) is 39.3 Å². The largest absolute Gasteiger partial charge is 0.444 e. The number of carbonyl (C=O) groups excluding carboxylic acids is 4. The Kier molecular flexibility index (Phi) is 19.3. The molecule has 2 N–H and O–H groups in total. The SMILES string of the molecule is CC(C)(C)OC(=O)N1CC[C@H](C=O)C1.CC(C)(C)OC(=O)N1CC[C@H]([C@@H](O)c2nccs2)C1.CC(C)(C)OC(=O)N1CC[C@H]([C@H](O)c2nccs2)C1.C[Si](C)(C)c1nccs1. The van der Waals surface area contributed by atoms with E-state index < -0.39 is 37.1 Å². The van der Waals surface area contributed by atoms with Crippen LogP contribution in [0.1, 0.15) is 104 Å². The quantitative estimate of drug-likeness (QED) is 0.138. The first-order chi connectivity index (χ1) is 28.3. The van der Waals surface area contributed by atoms with Gasteiger partial charge in [0.1, 0.15) is 53.4 Å². The average molecular weight is 925 g/mol. The van der Waals surface area contributed by atoms with Crippen LogP contribution in [0.3, 0.4) is 0 Å². The lowest BCUT2D eigenvalue weighted by Gasteiger charge is -2.24. The van der Waals surface area contributed by atoms with Gasteiger partial charge in [0, 0.05) is 91.8 Å². The van der Waals surface area contributed by atoms with Gasteiger partial charge in [0.15, 0.2) is 0 Å². The number of rotatable bonds is 6. The fourth-order valence-corrected chi connectivity index (χ4v) is 10.1. The Labute approximate surface area is 374 Å². The number of aliphatic hydroxyl groups excluding tert-OH is 2. The minimum absolute atomic E-state index is 0.0116. The van der Waals surface area contributed by atoms with Crippen LogP contribution in [0.5, 0.6) is 0 Å². The number of aldehydes is 1. The molecule has 0 spiro atoms. The number of amides is 3. The highest BCUT2D eigenvalue weighted by Gasteiger charge is 2.36. The summed E-state index contributed by atoms with van der Waals surface area (Å²) in [6, 6.07) is 0. The molecule has 6 heterocycles. The second kappa shape index (κ2) is 22.7. The van der Waals surface area contributed by atoms with Crippen LogP contribution in [0.4, 0.5) is 14.4 Å². The zero-order valence-corrected chi connectivity index (χ0v) is 41.4. The van der Waals surface area contributed by atoms with Gasteiger partial charge in [-0.1, -0.05) is 19.6 Å². The lowest BCUT2D eigenvalue weighted by Crippen LogP contribution is -2.36. The molecule has 0 bridgehead atoms. The molecule has 0 radical (unpaired) electrons. The Bertz CT molecular complexity index is 1690. The topological polar surface area (TPSA) is 185 Å². The van der Waals surface area contributed by atoms with Gasteiger partial charge in [-0.25, -0.2) is 24.4 Å². The predicted molar refractivity (Wildman–Crippen MR) is 243 cm³/mol. The van der Waals surface area contributed by atoms with Crippen molar-refractivity contribution in [1.29, 1.82) is 0 Å². The van der Waals surface area contributed by atoms with Gasteiger partial charge in [0.25, 0.3) is 0 Å². The molecular weight excluding hydrogens is 857 g/mol. The third kappa shape index (κ3) is 18.4. The van der Waals surface area contributed by atoms with E-state index in [-0.39, 0.29) is 36.0 Å². The Morgan fingerprint density at radius 2 is 1.00 bits per heavy atom. The van der Waals surface area contributed by atoms with Crippen LogP contribution in [-0.4, -0.2) is 129 Å². The Hall–Kier alpha value is -3.49. The highest BCUT2D eigenvalue weighted by Crippen LogP contribution is 2.33. The van der Waals surface area contributed by atoms with Gasteiger partial charge < -0.3 is 43.9 Å². The normalized spacial score (nSPS) is 20.2. The highest BCUT2D eigenvalue weighted by molar-refractivity contribution is 7.24. The fraction of sp³-hybridized carbons (Fsp3) is 0.690. The van der Waals surface area contributed by atoms with Gasteiger partial charge in [-0.05, 0) is 81.6 Å². The summed E-state index contributed by atoms with van der Waals surface area (Å²) in [7, 11) is -1.07. The molecule has 0 aliphatic carbocycles. The van der Waals surface area contributed by atoms with Crippen LogP contribution >= 0.6 is 34.0 Å². The van der Waals surface area contributed by atoms with E-state index in [2.05, 4.69) is 34.6 Å². The number of hydrogen-bond acceptors (Lipinski definition) is 15. The molecule has 3 aliphatic rings. The summed E-state index contributed by atoms with van der Waals surface area (Å²) in [5.41, 5.74) is -1.43. The van der Waals surface area contributed by atoms with Crippen LogP contribution in [0.15, 0.2) is 34.7 Å². The van der Waals surface area contributed by atoms with Crippen LogP contribution in [0, 0.1) is 17.8 Å². The smallest absolute Gasteiger partial charge is 0.410 e. The summed E-state index contributed by atoms with van der Waals surface area (Å²) in [4.78, 5) is 63.3. The van der Waals surface area contributed by atoms with Crippen molar-refractivity contribution < 1.29 is 43.6 Å². The molecule has 3 aliphatic heterocycles. The summed E-state index contributed by atoms with van der Waals surface area (Å²) in [5, 5.41) is 27.6. The molecule has 0 aromatic carbocycles. The summed E-state index contributed by atoms with van der Waals surface area (Å²) in [5.74, 6) is 0.0693. The molecule has 3 aromatic rings. The van der Waals surface area contributed by atoms with Crippen LogP contribution in [0.25, 0.3) is 0 Å². The molecule has 3 aromatic heterocycles. The molecule has 5 atom stereocenters. The van der Waals surface area contributed by atoms with Gasteiger partial charge in [0.2, 0.25) is 0 Å². The van der Waals surface area contributed by atoms with Crippen molar-refractivity contribution >= 4 is 71.3 Å². The van der Waals surface area contributed by atoms with Crippen molar-refractivity contribution in [2.24, 2.45) is 17.8 Å². The minimum Gasteiger partial charge on any atom is -0.444 e. The summed E-state index contributed by atoms with van der Waals surface area (Å²) in [6.45, 7) is 27.0. The van der Waals surface area contributed by atoms with Gasteiger partial charge in [-0.15, -0.1) is 34.0 Å². The average Bonchev–Trinajstić information content (AvgIpc) is 4.00. The number of nitrogens with zero attached hydrogens (tertiary/aromatic N) is 6. The molecule has 0 saturated carbocycles. The van der Waals surface area contributed by atoms with E-state index in [0.717, 1.165) is 35.6 Å². The van der Waals surface area contributed by atoms with Gasteiger partial charge >= 0.3 is 18.3 Å². The number of thiazole rings is 3. The molecule has 6 rings (SSSR count). The first-order valence-corrected chi connectivity index (χ1v) is 26.8. The number of aromatic nitrogens is 3. The lowest BCUT2D eigenvalue weighted by molar-refractivity contribution is -0.110. The van der Waals surface area contributed by atoms with E-state index in [1.807, 2.05) is 84.7 Å². The summed E-state index contributed by atoms with van der Waals surface area (Å²) in [6.07, 6.45) is 6.36. The van der Waals surface area contributed by atoms with Gasteiger partial charge in [-0.2, -0.15) is 0 Å². The van der Waals surface area contributed by atoms with E-state index in [1.54, 1.807) is 38.4 Å². The maximum Gasteiger partial charge on any atom is 0.410 e. The van der Waals surface area contributed by atoms with E-state index in [4.69, 9.17) is 14.2 Å². The maximum atomic E-state index is 11.9. The Balaban J connectivity index is 0.000000224. The van der Waals surface area contributed by atoms with Crippen molar-refractivity contribution in [3.8, 4) is 0 Å². The standard InChI is InChI=1S/2C13H20N2O3S.C10H17NO3.C6H11NSSi/c2*1-13(2,3)18-12(17)15-6-4-9(8-15)10(16)11-14-5-7-19-11;1-10(2,3)14-9(13)11-5-4-8(6-11)7-12;1-9(2,3)6-7-4-5-8-6/h2*5,7,9-10,16H,4,6,8H2,1-3H3;7-8H,4-6H2,1-3H3;4-5H,1-3H3/t9-,10+;9-,10-;8-;/m000./s1. The monoisotopic (exact) mass is 924 g/mol. The van der Waals surface area contributed by atoms with Crippen molar-refractivity contribution in [1.82, 2.24) is 29.7 Å². The maximum absolute atomic E-state index is 11.9. The lowest BCUT2D eigenvalue weighted by atomic mass is 10.0. The molecule has 15 nitrogen and oxygen atoms in total. The van der Waals surface area contributed by atoms with Crippen LogP contribution in [-0.2, 0) is 19.0 Å². The third-order valence-corrected chi connectivity index (χ3v) is 15.1. The first kappa shape index (κ1) is 51.9. The first-order valence-electron chi connectivity index (χ1n) is 20.7. The van der Waals surface area contributed by atoms with E-state index >= 15 is 0 Å². The van der Waals surface area contributed by atoms with Crippen molar-refractivity contribution in [3.63, 3.8) is 0 Å². The van der Waals surface area contributed by atoms with Crippen LogP contribution < -0.4 is 4.63 Å². The molecule has 342 valence electrons. The van der Waals surface area contributed by atoms with Gasteiger partial charge in [0.05, 0.1) is 4.63 Å². The van der Waals surface area contributed by atoms with Crippen molar-refractivity contribution in [2.45, 2.75) is 130 Å². The predicted octanol–water partition coefficient (Wildman–Crippen LogP) is 8.00. The second-order valence-electron chi connectivity index (χ2n) is 19.3. The Morgan fingerprint density at radius 3 is 1.28 bits per heavy atom. The van der Waals surface area contributed by atoms with Crippen LogP contribution in [0.2, 0.25) is 19.6 Å². The van der Waals surface area contributed by atoms with E-state index in [1.165, 1.54) is 27.3 Å². The third-order valence-electron chi connectivity index (χ3n) is 9.20. The second-order valence-corrected chi connectivity index (χ2v) is 27.4. The number of carbonyl (C=O) groups is 4. The molecule has 19 heteroatoms.